The summed E-state index contributed by atoms with van der Waals surface area (Å²) in [6.07, 6.45) is 11.1. The van der Waals surface area contributed by atoms with Crippen molar-refractivity contribution in [1.82, 2.24) is 0 Å². The number of aliphatic hydroxyl groups is 3. The number of carbonyl (C=O) groups is 1. The average molecular weight is 577 g/mol. The van der Waals surface area contributed by atoms with Crippen molar-refractivity contribution < 1.29 is 29.6 Å². The Bertz CT molecular complexity index is 1050. The van der Waals surface area contributed by atoms with Gasteiger partial charge in [-0.2, -0.15) is 0 Å². The third-order valence-corrected chi connectivity index (χ3v) is 8.92. The van der Waals surface area contributed by atoms with E-state index in [0.717, 1.165) is 35.6 Å². The highest BCUT2D eigenvalue weighted by Crippen LogP contribution is 2.36. The number of aliphatic hydroxyl groups excluding tert-OH is 3. The second kappa shape index (κ2) is 16.3. The number of benzene rings is 1. The van der Waals surface area contributed by atoms with Crippen LogP contribution in [0.5, 0.6) is 0 Å². The third kappa shape index (κ3) is 9.85. The first-order chi connectivity index (χ1) is 18.8. The molecule has 1 fully saturated rings. The first-order valence-corrected chi connectivity index (χ1v) is 14.9. The molecule has 3 rings (SSSR count). The van der Waals surface area contributed by atoms with Gasteiger partial charge in [0.15, 0.2) is 0 Å². The van der Waals surface area contributed by atoms with Crippen molar-refractivity contribution in [1.29, 1.82) is 0 Å². The summed E-state index contributed by atoms with van der Waals surface area (Å²) in [5.74, 6) is -0.641. The Morgan fingerprint density at radius 1 is 1.18 bits per heavy atom. The maximum atomic E-state index is 12.2. The van der Waals surface area contributed by atoms with Crippen molar-refractivity contribution in [2.24, 2.45) is 11.8 Å². The zero-order chi connectivity index (χ0) is 28.2. The lowest BCUT2D eigenvalue weighted by molar-refractivity contribution is 0.0110. The number of aryl methyl sites for hydroxylation is 2. The molecule has 0 radical (unpaired) electrons. The van der Waals surface area contributed by atoms with E-state index < -0.39 is 24.3 Å². The predicted molar refractivity (Wildman–Crippen MR) is 156 cm³/mol. The number of rotatable bonds is 15. The van der Waals surface area contributed by atoms with Crippen LogP contribution < -0.4 is 0 Å². The number of hydrogen-bond donors (Lipinski definition) is 3. The minimum absolute atomic E-state index is 0.0687. The molecule has 6 nitrogen and oxygen atoms in total. The van der Waals surface area contributed by atoms with Crippen LogP contribution in [0.2, 0.25) is 5.02 Å². The molecule has 1 saturated carbocycles. The van der Waals surface area contributed by atoms with E-state index in [0.29, 0.717) is 24.8 Å². The normalized spacial score (nSPS) is 23.0. The lowest BCUT2D eigenvalue weighted by atomic mass is 9.89. The molecule has 0 bridgehead atoms. The first-order valence-electron chi connectivity index (χ1n) is 13.7. The number of thiophene rings is 1. The molecule has 0 amide bonds. The van der Waals surface area contributed by atoms with Crippen molar-refractivity contribution in [3.05, 3.63) is 81.0 Å². The number of unbranched alkanes of at least 4 members (excludes halogenated alkanes) is 1. The van der Waals surface area contributed by atoms with Crippen LogP contribution in [0.15, 0.2) is 60.7 Å². The summed E-state index contributed by atoms with van der Waals surface area (Å²) in [7, 11) is 1.69. The van der Waals surface area contributed by atoms with Crippen LogP contribution in [0, 0.1) is 18.8 Å². The molecule has 0 saturated heterocycles. The number of methoxy groups -OCH3 is 1. The molecule has 5 unspecified atom stereocenters. The van der Waals surface area contributed by atoms with E-state index >= 15 is 0 Å². The lowest BCUT2D eigenvalue weighted by Gasteiger charge is -2.20. The van der Waals surface area contributed by atoms with E-state index in [1.165, 1.54) is 4.88 Å². The van der Waals surface area contributed by atoms with Crippen LogP contribution in [0.1, 0.15) is 58.6 Å². The van der Waals surface area contributed by atoms with Gasteiger partial charge >= 0.3 is 5.97 Å². The van der Waals surface area contributed by atoms with Crippen LogP contribution in [0.4, 0.5) is 0 Å². The fourth-order valence-electron chi connectivity index (χ4n) is 4.99. The molecular weight excluding hydrogens is 536 g/mol. The lowest BCUT2D eigenvalue weighted by Crippen LogP contribution is -2.22. The van der Waals surface area contributed by atoms with Crippen molar-refractivity contribution in [3.8, 4) is 0 Å². The number of esters is 1. The van der Waals surface area contributed by atoms with Gasteiger partial charge in [-0.3, -0.25) is 0 Å². The Morgan fingerprint density at radius 2 is 1.95 bits per heavy atom. The van der Waals surface area contributed by atoms with Gasteiger partial charge in [-0.25, -0.2) is 4.79 Å². The zero-order valence-electron chi connectivity index (χ0n) is 22.7. The summed E-state index contributed by atoms with van der Waals surface area (Å²) >= 11 is 7.88. The van der Waals surface area contributed by atoms with Gasteiger partial charge in [0.1, 0.15) is 6.10 Å². The Morgan fingerprint density at radius 3 is 2.62 bits per heavy atom. The minimum Gasteiger partial charge on any atom is -0.456 e. The van der Waals surface area contributed by atoms with E-state index in [-0.39, 0.29) is 24.5 Å². The molecular formula is C31H41ClO6S. The number of allylic oxidation sites excluding steroid dienone is 2. The number of ether oxygens (including phenoxy) is 2. The van der Waals surface area contributed by atoms with Gasteiger partial charge in [0, 0.05) is 29.2 Å². The van der Waals surface area contributed by atoms with Crippen LogP contribution in [-0.4, -0.2) is 59.4 Å². The van der Waals surface area contributed by atoms with Crippen LogP contribution in [-0.2, 0) is 15.9 Å². The Labute approximate surface area is 240 Å². The van der Waals surface area contributed by atoms with E-state index in [9.17, 15) is 20.1 Å². The van der Waals surface area contributed by atoms with E-state index in [2.05, 4.69) is 6.08 Å². The molecule has 8 heteroatoms. The zero-order valence-corrected chi connectivity index (χ0v) is 24.3. The Hall–Kier alpha value is -2.00. The van der Waals surface area contributed by atoms with Gasteiger partial charge in [-0.1, -0.05) is 54.1 Å². The highest BCUT2D eigenvalue weighted by Gasteiger charge is 2.39. The van der Waals surface area contributed by atoms with E-state index in [1.807, 2.05) is 37.3 Å². The Balaban J connectivity index is 1.43. The fourth-order valence-corrected chi connectivity index (χ4v) is 6.25. The summed E-state index contributed by atoms with van der Waals surface area (Å²) in [5.41, 5.74) is 0.469. The van der Waals surface area contributed by atoms with Gasteiger partial charge in [0.25, 0.3) is 0 Å². The minimum atomic E-state index is -0.587. The van der Waals surface area contributed by atoms with Gasteiger partial charge < -0.3 is 24.8 Å². The largest absolute Gasteiger partial charge is 0.456 e. The second-order valence-corrected chi connectivity index (χ2v) is 11.9. The highest BCUT2D eigenvalue weighted by molar-refractivity contribution is 7.12. The number of hydrogen-bond acceptors (Lipinski definition) is 7. The highest BCUT2D eigenvalue weighted by atomic mass is 35.5. The number of carbonyl (C=O) groups excluding carboxylic acids is 1. The molecule has 0 spiro atoms. The van der Waals surface area contributed by atoms with Crippen LogP contribution in [0.25, 0.3) is 0 Å². The van der Waals surface area contributed by atoms with Gasteiger partial charge in [0.05, 0.1) is 35.5 Å². The first kappa shape index (κ1) is 31.5. The SMILES string of the molecule is COC(/C=C/C1C(O)CC(O)C1C/C=C\CCC[C@H](CO)OC(=O)c1ccccc1)CCc1cc(Cl)c(C)s1. The molecule has 2 aromatic rings. The summed E-state index contributed by atoms with van der Waals surface area (Å²) in [5, 5.41) is 31.6. The van der Waals surface area contributed by atoms with Crippen molar-refractivity contribution in [3.63, 3.8) is 0 Å². The summed E-state index contributed by atoms with van der Waals surface area (Å²) in [6.45, 7) is 1.80. The van der Waals surface area contributed by atoms with Crippen molar-refractivity contribution in [2.75, 3.05) is 13.7 Å². The predicted octanol–water partition coefficient (Wildman–Crippen LogP) is 5.91. The third-order valence-electron chi connectivity index (χ3n) is 7.31. The molecule has 1 aromatic carbocycles. The molecule has 3 N–H and O–H groups in total. The summed E-state index contributed by atoms with van der Waals surface area (Å²) < 4.78 is 11.1. The van der Waals surface area contributed by atoms with Gasteiger partial charge in [-0.15, -0.1) is 11.3 Å². The molecule has 1 aliphatic rings. The Kier molecular flexibility index (Phi) is 13.2. The molecule has 214 valence electrons. The molecule has 6 atom stereocenters. The molecule has 39 heavy (non-hydrogen) atoms. The summed E-state index contributed by atoms with van der Waals surface area (Å²) in [4.78, 5) is 14.6. The topological polar surface area (TPSA) is 96.2 Å². The monoisotopic (exact) mass is 576 g/mol. The standard InChI is InChI=1S/C31H41ClO6S/c1-21-28(32)18-25(39-21)16-14-23(37-2)15-17-27-26(29(34)19-30(27)35)13-9-4-3-8-12-24(20-33)38-31(36)22-10-6-5-7-11-22/h4-7,9-11,15,17-18,23-24,26-27,29-30,33-35H,3,8,12-14,16,19-20H2,1-2H3/b9-4-,17-15+/t23?,24-,26?,27?,29?,30?/m1/s1. The van der Waals surface area contributed by atoms with Gasteiger partial charge in [-0.05, 0) is 69.6 Å². The second-order valence-electron chi connectivity index (χ2n) is 10.1. The molecule has 1 aliphatic carbocycles. The summed E-state index contributed by atoms with van der Waals surface area (Å²) in [6, 6.07) is 10.8. The van der Waals surface area contributed by atoms with E-state index in [1.54, 1.807) is 42.7 Å². The van der Waals surface area contributed by atoms with Crippen molar-refractivity contribution in [2.45, 2.75) is 76.3 Å². The maximum Gasteiger partial charge on any atom is 0.338 e. The van der Waals surface area contributed by atoms with E-state index in [4.69, 9.17) is 21.1 Å². The maximum absolute atomic E-state index is 12.2. The van der Waals surface area contributed by atoms with Gasteiger partial charge in [0.2, 0.25) is 0 Å². The quantitative estimate of drug-likeness (QED) is 0.139. The fraction of sp³-hybridized carbons (Fsp3) is 0.516. The van der Waals surface area contributed by atoms with Crippen LogP contribution in [0.3, 0.4) is 0 Å². The van der Waals surface area contributed by atoms with Crippen molar-refractivity contribution >= 4 is 28.9 Å². The molecule has 1 heterocycles. The molecule has 0 aliphatic heterocycles. The average Bonchev–Trinajstić information content (AvgIpc) is 3.40. The smallest absolute Gasteiger partial charge is 0.338 e. The molecule has 1 aromatic heterocycles. The number of halogens is 1. The van der Waals surface area contributed by atoms with Crippen LogP contribution >= 0.6 is 22.9 Å².